The third-order valence-corrected chi connectivity index (χ3v) is 8.81. The fourth-order valence-electron chi connectivity index (χ4n) is 6.46. The Labute approximate surface area is 224 Å². The molecular weight excluding hydrogens is 484 g/mol. The number of likely N-dealkylation sites (tertiary alicyclic amines) is 2. The van der Waals surface area contributed by atoms with E-state index in [0.29, 0.717) is 32.4 Å². The van der Waals surface area contributed by atoms with Crippen molar-refractivity contribution < 1.29 is 23.9 Å². The molecule has 38 heavy (non-hydrogen) atoms. The molecule has 2 heterocycles. The first-order chi connectivity index (χ1) is 18.2. The summed E-state index contributed by atoms with van der Waals surface area (Å²) in [7, 11) is 1.97. The molecule has 4 fully saturated rings. The number of hydrogen-bond donors (Lipinski definition) is 1. The molecule has 1 aromatic carbocycles. The number of nitrogens with zero attached hydrogens (tertiary/aromatic N) is 3. The van der Waals surface area contributed by atoms with Gasteiger partial charge < -0.3 is 15.0 Å². The molecule has 1 spiro atoms. The summed E-state index contributed by atoms with van der Waals surface area (Å²) < 4.78 is 5.43. The number of amides is 4. The van der Waals surface area contributed by atoms with Gasteiger partial charge in [0.2, 0.25) is 17.7 Å². The van der Waals surface area contributed by atoms with Gasteiger partial charge in [0, 0.05) is 25.6 Å². The molecule has 0 radical (unpaired) electrons. The zero-order chi connectivity index (χ0) is 27.0. The Morgan fingerprint density at radius 3 is 2.45 bits per heavy atom. The van der Waals surface area contributed by atoms with E-state index in [-0.39, 0.29) is 48.2 Å². The second-order valence-corrected chi connectivity index (χ2v) is 11.9. The van der Waals surface area contributed by atoms with E-state index < -0.39 is 17.6 Å². The van der Waals surface area contributed by atoms with Crippen LogP contribution in [0.3, 0.4) is 0 Å². The predicted octanol–water partition coefficient (Wildman–Crippen LogP) is 2.79. The molecule has 2 aliphatic heterocycles. The van der Waals surface area contributed by atoms with Gasteiger partial charge in [0.25, 0.3) is 0 Å². The summed E-state index contributed by atoms with van der Waals surface area (Å²) in [6.07, 6.45) is 4.03. The molecule has 5 rings (SSSR count). The quantitative estimate of drug-likeness (QED) is 0.499. The Morgan fingerprint density at radius 2 is 1.84 bits per heavy atom. The second-order valence-electron chi connectivity index (χ2n) is 11.9. The topological polar surface area (TPSA) is 99.3 Å². The van der Waals surface area contributed by atoms with Crippen molar-refractivity contribution in [2.75, 3.05) is 26.7 Å². The van der Waals surface area contributed by atoms with Crippen LogP contribution in [0.25, 0.3) is 0 Å². The molecule has 4 amide bonds. The summed E-state index contributed by atoms with van der Waals surface area (Å²) >= 11 is 0. The van der Waals surface area contributed by atoms with Gasteiger partial charge in [-0.05, 0) is 50.6 Å². The minimum absolute atomic E-state index is 0.0360. The van der Waals surface area contributed by atoms with Crippen LogP contribution in [0.4, 0.5) is 4.79 Å². The first-order valence-corrected chi connectivity index (χ1v) is 14.1. The lowest BCUT2D eigenvalue weighted by Gasteiger charge is -2.44. The molecule has 3 atom stereocenters. The minimum atomic E-state index is -0.760. The molecule has 0 aromatic heterocycles. The first kappa shape index (κ1) is 26.7. The van der Waals surface area contributed by atoms with E-state index in [1.807, 2.05) is 39.1 Å². The molecule has 2 aliphatic carbocycles. The van der Waals surface area contributed by atoms with Gasteiger partial charge in [0.05, 0.1) is 17.5 Å². The van der Waals surface area contributed by atoms with Gasteiger partial charge >= 0.3 is 6.09 Å². The molecule has 2 saturated carbocycles. The second kappa shape index (κ2) is 10.7. The Balaban J connectivity index is 1.20. The number of hydrogen-bond acceptors (Lipinski definition) is 6. The van der Waals surface area contributed by atoms with Gasteiger partial charge in [-0.1, -0.05) is 50.6 Å². The molecular formula is C29H40N4O5. The van der Waals surface area contributed by atoms with Crippen LogP contribution in [0.2, 0.25) is 0 Å². The van der Waals surface area contributed by atoms with Crippen molar-refractivity contribution in [2.24, 2.45) is 17.3 Å². The molecule has 4 aliphatic rings. The number of imide groups is 1. The highest BCUT2D eigenvalue weighted by atomic mass is 16.5. The summed E-state index contributed by atoms with van der Waals surface area (Å²) in [6, 6.07) is 8.77. The summed E-state index contributed by atoms with van der Waals surface area (Å²) in [5, 5.41) is 2.80. The van der Waals surface area contributed by atoms with Crippen LogP contribution in [0.5, 0.6) is 0 Å². The molecule has 0 unspecified atom stereocenters. The summed E-state index contributed by atoms with van der Waals surface area (Å²) in [5.41, 5.74) is 0.535. The molecule has 2 saturated heterocycles. The van der Waals surface area contributed by atoms with Crippen LogP contribution in [-0.2, 0) is 25.7 Å². The van der Waals surface area contributed by atoms with Gasteiger partial charge in [-0.25, -0.2) is 4.79 Å². The van der Waals surface area contributed by atoms with E-state index in [9.17, 15) is 19.2 Å². The average Bonchev–Trinajstić information content (AvgIpc) is 3.57. The lowest BCUT2D eigenvalue weighted by Crippen LogP contribution is -2.58. The molecule has 0 bridgehead atoms. The standard InChI is InChI=1S/C29H40N4O5/c1-19(2)23(30-28(37)38-17-16-31(3)18-20-8-5-4-6-9-20)26(35)32-15-12-22-24(32)29(13-7-14-29)27(36)33(22)25(34)21-10-11-21/h4-6,8-9,19,21-24H,7,10-18H2,1-3H3,(H,30,37)/t22-,23-,24-/m0/s1. The highest BCUT2D eigenvalue weighted by Crippen LogP contribution is 2.56. The first-order valence-electron chi connectivity index (χ1n) is 14.1. The zero-order valence-electron chi connectivity index (χ0n) is 22.7. The summed E-state index contributed by atoms with van der Waals surface area (Å²) in [5.74, 6) is -0.520. The molecule has 1 N–H and O–H groups in total. The van der Waals surface area contributed by atoms with Gasteiger partial charge in [0.1, 0.15) is 12.6 Å². The van der Waals surface area contributed by atoms with Crippen molar-refractivity contribution in [3.63, 3.8) is 0 Å². The van der Waals surface area contributed by atoms with Crippen LogP contribution in [0, 0.1) is 17.3 Å². The lowest BCUT2D eigenvalue weighted by molar-refractivity contribution is -0.152. The van der Waals surface area contributed by atoms with Gasteiger partial charge in [-0.15, -0.1) is 0 Å². The van der Waals surface area contributed by atoms with Crippen molar-refractivity contribution in [3.05, 3.63) is 35.9 Å². The van der Waals surface area contributed by atoms with Gasteiger partial charge in [0.15, 0.2) is 0 Å². The van der Waals surface area contributed by atoms with E-state index in [4.69, 9.17) is 4.74 Å². The SMILES string of the molecule is CC(C)[C@H](NC(=O)OCCN(C)Cc1ccccc1)C(=O)N1CC[C@H]2[C@H]1C1(CCC1)C(=O)N2C(=O)C1CC1. The monoisotopic (exact) mass is 524 g/mol. The number of benzene rings is 1. The third-order valence-electron chi connectivity index (χ3n) is 8.81. The number of alkyl carbamates (subject to hydrolysis) is 1. The normalized spacial score (nSPS) is 24.5. The van der Waals surface area contributed by atoms with Crippen LogP contribution in [0.15, 0.2) is 30.3 Å². The molecule has 1 aromatic rings. The van der Waals surface area contributed by atoms with E-state index >= 15 is 0 Å². The van der Waals surface area contributed by atoms with Crippen LogP contribution in [0.1, 0.15) is 57.9 Å². The number of nitrogens with one attached hydrogen (secondary N) is 1. The van der Waals surface area contributed by atoms with Crippen molar-refractivity contribution in [1.29, 1.82) is 0 Å². The van der Waals surface area contributed by atoms with E-state index in [1.165, 1.54) is 10.5 Å². The maximum Gasteiger partial charge on any atom is 0.407 e. The molecule has 9 nitrogen and oxygen atoms in total. The number of rotatable bonds is 9. The maximum absolute atomic E-state index is 13.8. The minimum Gasteiger partial charge on any atom is -0.448 e. The summed E-state index contributed by atoms with van der Waals surface area (Å²) in [6.45, 7) is 5.79. The predicted molar refractivity (Wildman–Crippen MR) is 141 cm³/mol. The fourth-order valence-corrected chi connectivity index (χ4v) is 6.46. The Bertz CT molecular complexity index is 1070. The number of carbonyl (C=O) groups is 4. The third kappa shape index (κ3) is 4.93. The summed E-state index contributed by atoms with van der Waals surface area (Å²) in [4.78, 5) is 58.4. The number of fused-ring (bicyclic) bond motifs is 2. The lowest BCUT2D eigenvalue weighted by atomic mass is 9.64. The van der Waals surface area contributed by atoms with Crippen molar-refractivity contribution in [1.82, 2.24) is 20.0 Å². The highest BCUT2D eigenvalue weighted by Gasteiger charge is 2.68. The number of carbonyl (C=O) groups excluding carboxylic acids is 4. The Morgan fingerprint density at radius 1 is 1.13 bits per heavy atom. The molecule has 9 heteroatoms. The van der Waals surface area contributed by atoms with Gasteiger partial charge in [-0.3, -0.25) is 24.2 Å². The average molecular weight is 525 g/mol. The smallest absolute Gasteiger partial charge is 0.407 e. The Hall–Kier alpha value is -2.94. The number of ether oxygens (including phenoxy) is 1. The van der Waals surface area contributed by atoms with Crippen molar-refractivity contribution >= 4 is 23.8 Å². The van der Waals surface area contributed by atoms with Crippen LogP contribution < -0.4 is 5.32 Å². The molecule has 206 valence electrons. The highest BCUT2D eigenvalue weighted by molar-refractivity contribution is 6.04. The van der Waals surface area contributed by atoms with Crippen LogP contribution >= 0.6 is 0 Å². The maximum atomic E-state index is 13.8. The van der Waals surface area contributed by atoms with Gasteiger partial charge in [-0.2, -0.15) is 0 Å². The van der Waals surface area contributed by atoms with Crippen LogP contribution in [-0.4, -0.2) is 83.4 Å². The Kier molecular flexibility index (Phi) is 7.49. The number of likely N-dealkylation sites (N-methyl/N-ethyl adjacent to an activating group) is 1. The van der Waals surface area contributed by atoms with E-state index in [2.05, 4.69) is 22.3 Å². The van der Waals surface area contributed by atoms with E-state index in [0.717, 1.165) is 25.8 Å². The fraction of sp³-hybridized carbons (Fsp3) is 0.655. The largest absolute Gasteiger partial charge is 0.448 e. The zero-order valence-corrected chi connectivity index (χ0v) is 22.7. The van der Waals surface area contributed by atoms with E-state index in [1.54, 1.807) is 4.90 Å². The van der Waals surface area contributed by atoms with Crippen molar-refractivity contribution in [3.8, 4) is 0 Å². The van der Waals surface area contributed by atoms with Crippen molar-refractivity contribution in [2.45, 2.75) is 77.0 Å².